The molecule has 2 aliphatic rings. The van der Waals surface area contributed by atoms with Crippen molar-refractivity contribution < 1.29 is 0 Å². The van der Waals surface area contributed by atoms with Crippen molar-refractivity contribution >= 4 is 22.7 Å². The summed E-state index contributed by atoms with van der Waals surface area (Å²) in [7, 11) is 0. The highest BCUT2D eigenvalue weighted by Gasteiger charge is 2.27. The first-order valence-electron chi connectivity index (χ1n) is 9.07. The monoisotopic (exact) mass is 354 g/mol. The number of likely N-dealkylation sites (tertiary alicyclic amines) is 1. The van der Waals surface area contributed by atoms with E-state index in [1.807, 2.05) is 15.9 Å². The van der Waals surface area contributed by atoms with Gasteiger partial charge < -0.3 is 5.32 Å². The molecule has 1 saturated carbocycles. The van der Waals surface area contributed by atoms with Crippen LogP contribution in [0.5, 0.6) is 0 Å². The van der Waals surface area contributed by atoms with Crippen molar-refractivity contribution in [2.75, 3.05) is 18.4 Å². The van der Waals surface area contributed by atoms with Crippen LogP contribution in [0.1, 0.15) is 42.2 Å². The molecule has 25 heavy (non-hydrogen) atoms. The van der Waals surface area contributed by atoms with Crippen molar-refractivity contribution in [2.45, 2.75) is 44.2 Å². The minimum absolute atomic E-state index is 0.448. The molecule has 130 valence electrons. The molecule has 1 N–H and O–H groups in total. The van der Waals surface area contributed by atoms with E-state index in [4.69, 9.17) is 0 Å². The lowest BCUT2D eigenvalue weighted by molar-refractivity contribution is 0.210. The summed E-state index contributed by atoms with van der Waals surface area (Å²) in [5.41, 5.74) is 3.08. The number of hydrogen-bond acceptors (Lipinski definition) is 6. The first-order chi connectivity index (χ1) is 12.3. The number of rotatable bonds is 5. The van der Waals surface area contributed by atoms with Gasteiger partial charge in [-0.15, -0.1) is 21.5 Å². The third-order valence-corrected chi connectivity index (χ3v) is 5.97. The number of anilines is 1. The Morgan fingerprint density at radius 1 is 1.28 bits per heavy atom. The van der Waals surface area contributed by atoms with E-state index in [2.05, 4.69) is 49.1 Å². The number of fused-ring (bicyclic) bond motifs is 1. The molecule has 1 saturated heterocycles. The van der Waals surface area contributed by atoms with Gasteiger partial charge in [0.2, 0.25) is 5.65 Å². The molecule has 4 heterocycles. The standard InChI is InChI=1S/C18H22N6S/c1-3-14(10-23(7-1)11-15-4-2-8-25-15)20-17-9-16(13-5-6-13)22-24-12-19-21-18(17)24/h2,4,8-9,12-14,20H,1,3,5-7,10-11H2. The normalized spacial score (nSPS) is 21.7. The third-order valence-electron chi connectivity index (χ3n) is 5.11. The Morgan fingerprint density at radius 2 is 2.24 bits per heavy atom. The number of aromatic nitrogens is 4. The summed E-state index contributed by atoms with van der Waals surface area (Å²) >= 11 is 1.84. The predicted octanol–water partition coefficient (Wildman–Crippen LogP) is 3.14. The van der Waals surface area contributed by atoms with Crippen LogP contribution in [0.15, 0.2) is 29.9 Å². The van der Waals surface area contributed by atoms with Gasteiger partial charge in [-0.3, -0.25) is 4.90 Å². The lowest BCUT2D eigenvalue weighted by Crippen LogP contribution is -2.41. The third kappa shape index (κ3) is 3.26. The molecule has 0 amide bonds. The maximum atomic E-state index is 4.66. The van der Waals surface area contributed by atoms with E-state index in [1.54, 1.807) is 6.33 Å². The quantitative estimate of drug-likeness (QED) is 0.763. The summed E-state index contributed by atoms with van der Waals surface area (Å²) in [6.07, 6.45) is 6.63. The highest BCUT2D eigenvalue weighted by atomic mass is 32.1. The molecule has 1 aliphatic heterocycles. The van der Waals surface area contributed by atoms with Crippen molar-refractivity contribution in [3.05, 3.63) is 40.5 Å². The van der Waals surface area contributed by atoms with Crippen LogP contribution in [0, 0.1) is 0 Å². The Morgan fingerprint density at radius 3 is 3.08 bits per heavy atom. The fourth-order valence-corrected chi connectivity index (χ4v) is 4.44. The van der Waals surface area contributed by atoms with Crippen molar-refractivity contribution in [1.82, 2.24) is 24.7 Å². The molecular formula is C18H22N6S. The number of hydrogen-bond donors (Lipinski definition) is 1. The van der Waals surface area contributed by atoms with Crippen LogP contribution in [0.2, 0.25) is 0 Å². The van der Waals surface area contributed by atoms with Crippen molar-refractivity contribution in [1.29, 1.82) is 0 Å². The average molecular weight is 354 g/mol. The molecule has 2 fully saturated rings. The van der Waals surface area contributed by atoms with Gasteiger partial charge >= 0.3 is 0 Å². The molecule has 1 unspecified atom stereocenters. The lowest BCUT2D eigenvalue weighted by Gasteiger charge is -2.33. The summed E-state index contributed by atoms with van der Waals surface area (Å²) in [5.74, 6) is 0.619. The van der Waals surface area contributed by atoms with Gasteiger partial charge in [0.05, 0.1) is 11.4 Å². The molecule has 1 aliphatic carbocycles. The smallest absolute Gasteiger partial charge is 0.200 e. The zero-order valence-corrected chi connectivity index (χ0v) is 15.0. The summed E-state index contributed by atoms with van der Waals surface area (Å²) in [6.45, 7) is 3.30. The average Bonchev–Trinajstić information content (AvgIpc) is 3.13. The lowest BCUT2D eigenvalue weighted by atomic mass is 10.1. The molecule has 1 atom stereocenters. The van der Waals surface area contributed by atoms with E-state index in [1.165, 1.54) is 42.8 Å². The van der Waals surface area contributed by atoms with E-state index in [9.17, 15) is 0 Å². The van der Waals surface area contributed by atoms with Crippen molar-refractivity contribution in [3.8, 4) is 0 Å². The predicted molar refractivity (Wildman–Crippen MR) is 99.0 cm³/mol. The molecule has 0 bridgehead atoms. The fourth-order valence-electron chi connectivity index (χ4n) is 3.69. The molecule has 3 aromatic rings. The Kier molecular flexibility index (Phi) is 3.90. The summed E-state index contributed by atoms with van der Waals surface area (Å²) in [4.78, 5) is 4.00. The number of piperidine rings is 1. The Labute approximate surface area is 150 Å². The van der Waals surface area contributed by atoms with E-state index in [0.717, 1.165) is 24.4 Å². The summed E-state index contributed by atoms with van der Waals surface area (Å²) < 4.78 is 1.82. The van der Waals surface area contributed by atoms with Gasteiger partial charge in [-0.1, -0.05) is 6.07 Å². The van der Waals surface area contributed by atoms with Gasteiger partial charge in [0.1, 0.15) is 6.33 Å². The van der Waals surface area contributed by atoms with Gasteiger partial charge in [0, 0.05) is 29.9 Å². The van der Waals surface area contributed by atoms with E-state index in [0.29, 0.717) is 12.0 Å². The van der Waals surface area contributed by atoms with Crippen LogP contribution in [0.3, 0.4) is 0 Å². The van der Waals surface area contributed by atoms with Gasteiger partial charge in [-0.2, -0.15) is 9.61 Å². The topological polar surface area (TPSA) is 58.4 Å². The molecule has 0 aromatic carbocycles. The van der Waals surface area contributed by atoms with Crippen LogP contribution >= 0.6 is 11.3 Å². The first-order valence-corrected chi connectivity index (χ1v) is 9.95. The van der Waals surface area contributed by atoms with Crippen molar-refractivity contribution in [3.63, 3.8) is 0 Å². The molecular weight excluding hydrogens is 332 g/mol. The highest BCUT2D eigenvalue weighted by Crippen LogP contribution is 2.40. The first kappa shape index (κ1) is 15.3. The largest absolute Gasteiger partial charge is 0.378 e. The van der Waals surface area contributed by atoms with Gasteiger partial charge in [-0.05, 0) is 49.7 Å². The molecule has 5 rings (SSSR count). The molecule has 6 nitrogen and oxygen atoms in total. The molecule has 0 radical (unpaired) electrons. The van der Waals surface area contributed by atoms with E-state index >= 15 is 0 Å². The Hall–Kier alpha value is -1.99. The maximum absolute atomic E-state index is 4.66. The van der Waals surface area contributed by atoms with Crippen LogP contribution < -0.4 is 5.32 Å². The second-order valence-corrected chi connectivity index (χ2v) is 8.19. The number of nitrogens with one attached hydrogen (secondary N) is 1. The Bertz CT molecular complexity index is 854. The molecule has 0 spiro atoms. The fraction of sp³-hybridized carbons (Fsp3) is 0.500. The number of nitrogens with zero attached hydrogens (tertiary/aromatic N) is 5. The second-order valence-electron chi connectivity index (χ2n) is 7.15. The van der Waals surface area contributed by atoms with Crippen LogP contribution in [-0.2, 0) is 6.54 Å². The summed E-state index contributed by atoms with van der Waals surface area (Å²) in [5, 5.41) is 18.9. The summed E-state index contributed by atoms with van der Waals surface area (Å²) in [6, 6.07) is 7.01. The van der Waals surface area contributed by atoms with E-state index in [-0.39, 0.29) is 0 Å². The highest BCUT2D eigenvalue weighted by molar-refractivity contribution is 7.09. The SMILES string of the molecule is c1csc(CN2CCCC(Nc3cc(C4CC4)nn4cnnc34)C2)c1. The van der Waals surface area contributed by atoms with Gasteiger partial charge in [-0.25, -0.2) is 0 Å². The van der Waals surface area contributed by atoms with Gasteiger partial charge in [0.25, 0.3) is 0 Å². The number of thiophene rings is 1. The molecule has 3 aromatic heterocycles. The zero-order valence-electron chi connectivity index (χ0n) is 14.1. The maximum Gasteiger partial charge on any atom is 0.200 e. The van der Waals surface area contributed by atoms with Crippen LogP contribution in [-0.4, -0.2) is 43.8 Å². The minimum Gasteiger partial charge on any atom is -0.378 e. The van der Waals surface area contributed by atoms with Gasteiger partial charge in [0.15, 0.2) is 0 Å². The zero-order chi connectivity index (χ0) is 16.6. The van der Waals surface area contributed by atoms with Crippen LogP contribution in [0.4, 0.5) is 5.69 Å². The van der Waals surface area contributed by atoms with Crippen molar-refractivity contribution in [2.24, 2.45) is 0 Å². The Balaban J connectivity index is 1.34. The molecule has 7 heteroatoms. The minimum atomic E-state index is 0.448. The van der Waals surface area contributed by atoms with E-state index < -0.39 is 0 Å². The second kappa shape index (κ2) is 6.38. The van der Waals surface area contributed by atoms with Crippen LogP contribution in [0.25, 0.3) is 5.65 Å².